The molecule has 0 saturated carbocycles. The van der Waals surface area contributed by atoms with E-state index in [2.05, 4.69) is 32.8 Å². The Bertz CT molecular complexity index is 986. The molecule has 138 valence electrons. The fourth-order valence-corrected chi connectivity index (χ4v) is 3.91. The number of aryl methyl sites for hydroxylation is 1. The van der Waals surface area contributed by atoms with E-state index in [4.69, 9.17) is 4.74 Å². The van der Waals surface area contributed by atoms with Gasteiger partial charge in [-0.25, -0.2) is 9.78 Å². The second-order valence-electron chi connectivity index (χ2n) is 6.45. The molecule has 7 heteroatoms. The molecular weight excluding hydrogens is 362 g/mol. The average molecular weight is 381 g/mol. The molecule has 1 atom stereocenters. The molecule has 27 heavy (non-hydrogen) atoms. The minimum atomic E-state index is -0.963. The Morgan fingerprint density at radius 2 is 2.30 bits per heavy atom. The molecule has 0 saturated heterocycles. The number of aromatic carboxylic acids is 1. The van der Waals surface area contributed by atoms with Crippen molar-refractivity contribution in [3.63, 3.8) is 0 Å². The number of ether oxygens (including phenoxy) is 1. The van der Waals surface area contributed by atoms with Gasteiger partial charge in [0, 0.05) is 29.6 Å². The number of aromatic nitrogens is 2. The largest absolute Gasteiger partial charge is 0.493 e. The van der Waals surface area contributed by atoms with Crippen molar-refractivity contribution in [2.45, 2.75) is 19.3 Å². The van der Waals surface area contributed by atoms with Crippen LogP contribution in [0.25, 0.3) is 11.3 Å². The van der Waals surface area contributed by atoms with Crippen molar-refractivity contribution in [1.82, 2.24) is 9.97 Å². The van der Waals surface area contributed by atoms with Gasteiger partial charge in [-0.3, -0.25) is 4.98 Å². The number of carboxylic acids is 1. The summed E-state index contributed by atoms with van der Waals surface area (Å²) in [6.45, 7) is 3.25. The van der Waals surface area contributed by atoms with Crippen LogP contribution in [0.4, 0.5) is 5.69 Å². The average Bonchev–Trinajstić information content (AvgIpc) is 3.12. The standard InChI is InChI=1S/C20H19N3O3S/c1-12-23-18(11-27-12)13-2-3-15-14(5-7-26-19(15)8-13)9-22-17-10-21-6-4-16(17)20(24)25/h2-4,6,8,10-11,14,22H,5,7,9H2,1H3,(H,24,25). The zero-order valence-corrected chi connectivity index (χ0v) is 15.6. The van der Waals surface area contributed by atoms with Gasteiger partial charge < -0.3 is 15.2 Å². The number of fused-ring (bicyclic) bond motifs is 1. The van der Waals surface area contributed by atoms with E-state index in [1.807, 2.05) is 13.0 Å². The van der Waals surface area contributed by atoms with Gasteiger partial charge in [0.05, 0.1) is 34.8 Å². The van der Waals surface area contributed by atoms with Crippen LogP contribution in [0.5, 0.6) is 5.75 Å². The lowest BCUT2D eigenvalue weighted by molar-refractivity contribution is 0.0697. The Morgan fingerprint density at radius 1 is 1.41 bits per heavy atom. The summed E-state index contributed by atoms with van der Waals surface area (Å²) in [5.41, 5.74) is 3.90. The first-order valence-corrected chi connectivity index (χ1v) is 9.60. The molecule has 3 heterocycles. The van der Waals surface area contributed by atoms with Crippen molar-refractivity contribution >= 4 is 23.0 Å². The third kappa shape index (κ3) is 3.64. The van der Waals surface area contributed by atoms with Gasteiger partial charge in [0.1, 0.15) is 5.75 Å². The second kappa shape index (κ2) is 7.36. The highest BCUT2D eigenvalue weighted by Gasteiger charge is 2.23. The van der Waals surface area contributed by atoms with Crippen LogP contribution in [0.2, 0.25) is 0 Å². The molecule has 1 aliphatic heterocycles. The molecule has 1 aromatic carbocycles. The van der Waals surface area contributed by atoms with Crippen LogP contribution in [0.3, 0.4) is 0 Å². The Hall–Kier alpha value is -2.93. The number of carbonyl (C=O) groups is 1. The van der Waals surface area contributed by atoms with Crippen molar-refractivity contribution in [2.75, 3.05) is 18.5 Å². The molecule has 3 aromatic rings. The fraction of sp³-hybridized carbons (Fsp3) is 0.250. The van der Waals surface area contributed by atoms with E-state index in [-0.39, 0.29) is 11.5 Å². The van der Waals surface area contributed by atoms with Crippen molar-refractivity contribution in [1.29, 1.82) is 0 Å². The Balaban J connectivity index is 1.54. The predicted octanol–water partition coefficient (Wildman–Crippen LogP) is 4.19. The number of hydrogen-bond donors (Lipinski definition) is 2. The molecule has 2 aromatic heterocycles. The highest BCUT2D eigenvalue weighted by Crippen LogP contribution is 2.37. The summed E-state index contributed by atoms with van der Waals surface area (Å²) in [5, 5.41) is 15.6. The van der Waals surface area contributed by atoms with Gasteiger partial charge >= 0.3 is 5.97 Å². The molecule has 6 nitrogen and oxygen atoms in total. The first kappa shape index (κ1) is 17.5. The number of anilines is 1. The van der Waals surface area contributed by atoms with Crippen molar-refractivity contribution < 1.29 is 14.6 Å². The van der Waals surface area contributed by atoms with Crippen LogP contribution in [-0.4, -0.2) is 34.2 Å². The predicted molar refractivity (Wildman–Crippen MR) is 105 cm³/mol. The summed E-state index contributed by atoms with van der Waals surface area (Å²) in [6, 6.07) is 7.71. The Labute approximate surface area is 160 Å². The van der Waals surface area contributed by atoms with E-state index in [0.29, 0.717) is 18.8 Å². The highest BCUT2D eigenvalue weighted by molar-refractivity contribution is 7.09. The number of nitrogens with one attached hydrogen (secondary N) is 1. The number of rotatable bonds is 5. The molecule has 0 bridgehead atoms. The molecule has 0 radical (unpaired) electrons. The smallest absolute Gasteiger partial charge is 0.337 e. The van der Waals surface area contributed by atoms with E-state index in [1.54, 1.807) is 17.5 Å². The summed E-state index contributed by atoms with van der Waals surface area (Å²) in [4.78, 5) is 19.9. The molecule has 2 N–H and O–H groups in total. The number of thiazole rings is 1. The topological polar surface area (TPSA) is 84.3 Å². The number of benzene rings is 1. The maximum atomic E-state index is 11.4. The van der Waals surface area contributed by atoms with E-state index in [1.165, 1.54) is 12.3 Å². The summed E-state index contributed by atoms with van der Waals surface area (Å²) in [5.74, 6) is 0.151. The summed E-state index contributed by atoms with van der Waals surface area (Å²) in [7, 11) is 0. The van der Waals surface area contributed by atoms with Crippen LogP contribution in [0.15, 0.2) is 42.0 Å². The number of nitrogens with zero attached hydrogens (tertiary/aromatic N) is 2. The second-order valence-corrected chi connectivity index (χ2v) is 7.51. The van der Waals surface area contributed by atoms with Gasteiger partial charge in [0.15, 0.2) is 0 Å². The Kier molecular flexibility index (Phi) is 4.77. The lowest BCUT2D eigenvalue weighted by atomic mass is 9.91. The zero-order chi connectivity index (χ0) is 18.8. The summed E-state index contributed by atoms with van der Waals surface area (Å²) in [6.07, 6.45) is 3.91. The quantitative estimate of drug-likeness (QED) is 0.689. The number of pyridine rings is 1. The van der Waals surface area contributed by atoms with Gasteiger partial charge in [-0.15, -0.1) is 11.3 Å². The van der Waals surface area contributed by atoms with Crippen molar-refractivity contribution in [3.05, 3.63) is 58.2 Å². The van der Waals surface area contributed by atoms with Crippen LogP contribution in [-0.2, 0) is 0 Å². The maximum Gasteiger partial charge on any atom is 0.337 e. The van der Waals surface area contributed by atoms with Crippen LogP contribution in [0.1, 0.15) is 33.3 Å². The van der Waals surface area contributed by atoms with E-state index in [0.717, 1.165) is 34.0 Å². The minimum absolute atomic E-state index is 0.228. The fourth-order valence-electron chi connectivity index (χ4n) is 3.29. The van der Waals surface area contributed by atoms with E-state index in [9.17, 15) is 9.90 Å². The minimum Gasteiger partial charge on any atom is -0.493 e. The normalized spacial score (nSPS) is 15.7. The SMILES string of the molecule is Cc1nc(-c2ccc3c(c2)OCCC3CNc2cnccc2C(=O)O)cs1. The molecule has 4 rings (SSSR count). The monoisotopic (exact) mass is 381 g/mol. The van der Waals surface area contributed by atoms with Crippen LogP contribution >= 0.6 is 11.3 Å². The number of hydrogen-bond acceptors (Lipinski definition) is 6. The molecule has 0 amide bonds. The van der Waals surface area contributed by atoms with Crippen LogP contribution in [0, 0.1) is 6.92 Å². The summed E-state index contributed by atoms with van der Waals surface area (Å²) < 4.78 is 5.88. The molecule has 1 aliphatic rings. The van der Waals surface area contributed by atoms with E-state index < -0.39 is 5.97 Å². The molecule has 1 unspecified atom stereocenters. The van der Waals surface area contributed by atoms with Gasteiger partial charge in [0.2, 0.25) is 0 Å². The van der Waals surface area contributed by atoms with E-state index >= 15 is 0 Å². The molecule has 0 aliphatic carbocycles. The van der Waals surface area contributed by atoms with Gasteiger partial charge in [-0.1, -0.05) is 12.1 Å². The summed E-state index contributed by atoms with van der Waals surface area (Å²) >= 11 is 1.63. The highest BCUT2D eigenvalue weighted by atomic mass is 32.1. The van der Waals surface area contributed by atoms with Gasteiger partial charge in [-0.2, -0.15) is 0 Å². The van der Waals surface area contributed by atoms with Crippen molar-refractivity contribution in [2.24, 2.45) is 0 Å². The Morgan fingerprint density at radius 3 is 3.07 bits per heavy atom. The third-order valence-electron chi connectivity index (χ3n) is 4.68. The zero-order valence-electron chi connectivity index (χ0n) is 14.8. The first-order chi connectivity index (χ1) is 13.1. The first-order valence-electron chi connectivity index (χ1n) is 8.72. The van der Waals surface area contributed by atoms with Crippen LogP contribution < -0.4 is 10.1 Å². The van der Waals surface area contributed by atoms with Crippen molar-refractivity contribution in [3.8, 4) is 17.0 Å². The molecule has 0 fully saturated rings. The number of carboxylic acid groups (broad SMARTS) is 1. The molecular formula is C20H19N3O3S. The maximum absolute atomic E-state index is 11.4. The lowest BCUT2D eigenvalue weighted by Crippen LogP contribution is -2.21. The van der Waals surface area contributed by atoms with Gasteiger partial charge in [0.25, 0.3) is 0 Å². The lowest BCUT2D eigenvalue weighted by Gasteiger charge is -2.27. The third-order valence-corrected chi connectivity index (χ3v) is 5.46. The molecule has 0 spiro atoms. The van der Waals surface area contributed by atoms with Gasteiger partial charge in [-0.05, 0) is 31.0 Å².